The summed E-state index contributed by atoms with van der Waals surface area (Å²) in [5.74, 6) is 0.246. The number of carbonyl (C=O) groups excluding carboxylic acids is 1. The molecule has 2 heteroatoms. The Morgan fingerprint density at radius 2 is 1.65 bits per heavy atom. The van der Waals surface area contributed by atoms with Gasteiger partial charge in [0, 0.05) is 12.0 Å². The molecule has 3 aromatic rings. The minimum absolute atomic E-state index is 0.0568. The van der Waals surface area contributed by atoms with Crippen molar-refractivity contribution in [2.45, 2.75) is 6.42 Å². The number of hydrogen-bond donors (Lipinski definition) is 1. The Morgan fingerprint density at radius 1 is 0.850 bits per heavy atom. The zero-order chi connectivity index (χ0) is 13.9. The van der Waals surface area contributed by atoms with Crippen molar-refractivity contribution in [3.63, 3.8) is 0 Å². The predicted molar refractivity (Wildman–Crippen MR) is 80.1 cm³/mol. The van der Waals surface area contributed by atoms with E-state index >= 15 is 0 Å². The number of phenols is 1. The first-order chi connectivity index (χ1) is 9.72. The van der Waals surface area contributed by atoms with E-state index in [1.165, 1.54) is 0 Å². The lowest BCUT2D eigenvalue weighted by Crippen LogP contribution is -2.03. The molecule has 3 rings (SSSR count). The quantitative estimate of drug-likeness (QED) is 0.725. The van der Waals surface area contributed by atoms with Crippen LogP contribution in [0.4, 0.5) is 0 Å². The van der Waals surface area contributed by atoms with Crippen molar-refractivity contribution in [2.75, 3.05) is 0 Å². The van der Waals surface area contributed by atoms with Gasteiger partial charge in [-0.1, -0.05) is 48.5 Å². The standard InChI is InChI=1S/C18H14O2/c19-17-7-3-4-13(10-17)11-18(20)16-9-8-14-5-1-2-6-15(14)12-16/h1-10,12,19H,11H2. The Hall–Kier alpha value is -2.61. The number of fused-ring (bicyclic) bond motifs is 1. The maximum Gasteiger partial charge on any atom is 0.167 e. The van der Waals surface area contributed by atoms with Gasteiger partial charge in [-0.15, -0.1) is 0 Å². The van der Waals surface area contributed by atoms with Crippen LogP contribution in [0.25, 0.3) is 10.8 Å². The van der Waals surface area contributed by atoms with Gasteiger partial charge in [0.1, 0.15) is 5.75 Å². The fourth-order valence-corrected chi connectivity index (χ4v) is 2.32. The maximum absolute atomic E-state index is 12.3. The van der Waals surface area contributed by atoms with Crippen LogP contribution >= 0.6 is 0 Å². The highest BCUT2D eigenvalue weighted by Crippen LogP contribution is 2.18. The number of carbonyl (C=O) groups is 1. The fourth-order valence-electron chi connectivity index (χ4n) is 2.32. The van der Waals surface area contributed by atoms with Crippen LogP contribution in [-0.4, -0.2) is 10.9 Å². The van der Waals surface area contributed by atoms with E-state index < -0.39 is 0 Å². The molecule has 0 radical (unpaired) electrons. The first-order valence-corrected chi connectivity index (χ1v) is 6.52. The highest BCUT2D eigenvalue weighted by atomic mass is 16.3. The zero-order valence-corrected chi connectivity index (χ0v) is 10.9. The van der Waals surface area contributed by atoms with Crippen LogP contribution in [0.2, 0.25) is 0 Å². The van der Waals surface area contributed by atoms with Crippen LogP contribution in [0, 0.1) is 0 Å². The van der Waals surface area contributed by atoms with Crippen LogP contribution < -0.4 is 0 Å². The first kappa shape index (κ1) is 12.4. The molecule has 0 bridgehead atoms. The summed E-state index contributed by atoms with van der Waals surface area (Å²) >= 11 is 0. The molecule has 0 unspecified atom stereocenters. The molecular formula is C18H14O2. The molecular weight excluding hydrogens is 248 g/mol. The van der Waals surface area contributed by atoms with Crippen molar-refractivity contribution >= 4 is 16.6 Å². The van der Waals surface area contributed by atoms with E-state index in [1.807, 2.05) is 48.5 Å². The minimum Gasteiger partial charge on any atom is -0.508 e. The third-order valence-corrected chi connectivity index (χ3v) is 3.35. The van der Waals surface area contributed by atoms with Crippen molar-refractivity contribution in [2.24, 2.45) is 0 Å². The van der Waals surface area contributed by atoms with Gasteiger partial charge in [0.25, 0.3) is 0 Å². The van der Waals surface area contributed by atoms with Crippen LogP contribution in [0.1, 0.15) is 15.9 Å². The second-order valence-electron chi connectivity index (χ2n) is 4.83. The molecule has 0 aliphatic rings. The second kappa shape index (κ2) is 5.17. The summed E-state index contributed by atoms with van der Waals surface area (Å²) in [6.45, 7) is 0. The monoisotopic (exact) mass is 262 g/mol. The number of rotatable bonds is 3. The molecule has 2 nitrogen and oxygen atoms in total. The normalized spacial score (nSPS) is 10.6. The lowest BCUT2D eigenvalue weighted by atomic mass is 10.00. The summed E-state index contributed by atoms with van der Waals surface area (Å²) in [6, 6.07) is 20.5. The summed E-state index contributed by atoms with van der Waals surface area (Å²) in [6.07, 6.45) is 0.298. The molecule has 0 aliphatic carbocycles. The summed E-state index contributed by atoms with van der Waals surface area (Å²) in [4.78, 5) is 12.3. The van der Waals surface area contributed by atoms with Crippen LogP contribution in [0.3, 0.4) is 0 Å². The molecule has 20 heavy (non-hydrogen) atoms. The number of aromatic hydroxyl groups is 1. The first-order valence-electron chi connectivity index (χ1n) is 6.52. The average Bonchev–Trinajstić information content (AvgIpc) is 2.47. The van der Waals surface area contributed by atoms with Crippen LogP contribution in [-0.2, 0) is 6.42 Å². The predicted octanol–water partition coefficient (Wildman–Crippen LogP) is 3.97. The smallest absolute Gasteiger partial charge is 0.167 e. The number of hydrogen-bond acceptors (Lipinski definition) is 2. The van der Waals surface area contributed by atoms with Gasteiger partial charge in [-0.05, 0) is 34.5 Å². The highest BCUT2D eigenvalue weighted by molar-refractivity contribution is 6.01. The van der Waals surface area contributed by atoms with Gasteiger partial charge in [0.05, 0.1) is 0 Å². The lowest BCUT2D eigenvalue weighted by Gasteiger charge is -2.04. The summed E-state index contributed by atoms with van der Waals surface area (Å²) < 4.78 is 0. The molecule has 3 aromatic carbocycles. The Bertz CT molecular complexity index is 775. The van der Waals surface area contributed by atoms with Crippen molar-refractivity contribution in [1.29, 1.82) is 0 Å². The molecule has 0 aliphatic heterocycles. The van der Waals surface area contributed by atoms with Gasteiger partial charge < -0.3 is 5.11 Å². The summed E-state index contributed by atoms with van der Waals surface area (Å²) in [5, 5.41) is 11.6. The second-order valence-corrected chi connectivity index (χ2v) is 4.83. The van der Waals surface area contributed by atoms with Gasteiger partial charge in [0.2, 0.25) is 0 Å². The van der Waals surface area contributed by atoms with Gasteiger partial charge >= 0.3 is 0 Å². The summed E-state index contributed by atoms with van der Waals surface area (Å²) in [7, 11) is 0. The maximum atomic E-state index is 12.3. The molecule has 0 fully saturated rings. The average molecular weight is 262 g/mol. The number of phenolic OH excluding ortho intramolecular Hbond substituents is 1. The SMILES string of the molecule is O=C(Cc1cccc(O)c1)c1ccc2ccccc2c1. The van der Waals surface area contributed by atoms with E-state index in [0.717, 1.165) is 16.3 Å². The van der Waals surface area contributed by atoms with E-state index in [-0.39, 0.29) is 11.5 Å². The molecule has 0 aromatic heterocycles. The van der Waals surface area contributed by atoms with Crippen molar-refractivity contribution in [3.05, 3.63) is 77.9 Å². The van der Waals surface area contributed by atoms with Crippen LogP contribution in [0.5, 0.6) is 5.75 Å². The fraction of sp³-hybridized carbons (Fsp3) is 0.0556. The van der Waals surface area contributed by atoms with Crippen LogP contribution in [0.15, 0.2) is 66.7 Å². The zero-order valence-electron chi connectivity index (χ0n) is 10.9. The molecule has 0 heterocycles. The Morgan fingerprint density at radius 3 is 2.45 bits per heavy atom. The van der Waals surface area contributed by atoms with Crippen molar-refractivity contribution in [1.82, 2.24) is 0 Å². The van der Waals surface area contributed by atoms with E-state index in [9.17, 15) is 9.90 Å². The third kappa shape index (κ3) is 2.54. The number of Topliss-reactive ketones (excluding diaryl/α,β-unsaturated/α-hetero) is 1. The van der Waals surface area contributed by atoms with E-state index in [2.05, 4.69) is 0 Å². The van der Waals surface area contributed by atoms with Gasteiger partial charge in [-0.3, -0.25) is 4.79 Å². The molecule has 98 valence electrons. The Labute approximate surface area is 117 Å². The van der Waals surface area contributed by atoms with Gasteiger partial charge in [-0.2, -0.15) is 0 Å². The van der Waals surface area contributed by atoms with Crippen molar-refractivity contribution < 1.29 is 9.90 Å². The van der Waals surface area contributed by atoms with E-state index in [1.54, 1.807) is 18.2 Å². The molecule has 0 amide bonds. The van der Waals surface area contributed by atoms with Crippen molar-refractivity contribution in [3.8, 4) is 5.75 Å². The molecule has 1 N–H and O–H groups in total. The van der Waals surface area contributed by atoms with E-state index in [4.69, 9.17) is 0 Å². The molecule has 0 saturated heterocycles. The van der Waals surface area contributed by atoms with Gasteiger partial charge in [-0.25, -0.2) is 0 Å². The van der Waals surface area contributed by atoms with E-state index in [0.29, 0.717) is 12.0 Å². The summed E-state index contributed by atoms with van der Waals surface area (Å²) in [5.41, 5.74) is 1.52. The minimum atomic E-state index is 0.0568. The largest absolute Gasteiger partial charge is 0.508 e. The molecule has 0 atom stereocenters. The highest BCUT2D eigenvalue weighted by Gasteiger charge is 2.08. The Balaban J connectivity index is 1.88. The number of benzene rings is 3. The topological polar surface area (TPSA) is 37.3 Å². The third-order valence-electron chi connectivity index (χ3n) is 3.35. The molecule has 0 saturated carbocycles. The lowest BCUT2D eigenvalue weighted by molar-refractivity contribution is 0.0993. The Kier molecular flexibility index (Phi) is 3.21. The van der Waals surface area contributed by atoms with Gasteiger partial charge in [0.15, 0.2) is 5.78 Å². The molecule has 0 spiro atoms. The number of ketones is 1.